The quantitative estimate of drug-likeness (QED) is 0.668. The lowest BCUT2D eigenvalue weighted by Gasteiger charge is -2.44. The molecule has 3 aromatic rings. The van der Waals surface area contributed by atoms with E-state index in [-0.39, 0.29) is 5.91 Å². The first-order valence-electron chi connectivity index (χ1n) is 10.7. The molecule has 2 aliphatic carbocycles. The standard InChI is InChI=1S/C23H27N5O2/c1-24-22(29)20-13-18(9-10-25-20)30-17-7-8-21-19(12-17)27-23(28(21)2)26-16-6-5-14-3-4-15(14)11-16/h7-10,12-16H,3-6,11H2,1-2H3,(H,24,29)(H,26,27). The van der Waals surface area contributed by atoms with Gasteiger partial charge >= 0.3 is 0 Å². The fourth-order valence-corrected chi connectivity index (χ4v) is 4.78. The van der Waals surface area contributed by atoms with Crippen molar-refractivity contribution < 1.29 is 9.53 Å². The Bertz CT molecular complexity index is 1090. The normalized spacial score (nSPS) is 22.8. The highest BCUT2D eigenvalue weighted by atomic mass is 16.5. The minimum Gasteiger partial charge on any atom is -0.457 e. The maximum Gasteiger partial charge on any atom is 0.269 e. The van der Waals surface area contributed by atoms with E-state index in [0.29, 0.717) is 23.2 Å². The number of benzene rings is 1. The molecule has 2 N–H and O–H groups in total. The number of nitrogens with zero attached hydrogens (tertiary/aromatic N) is 3. The summed E-state index contributed by atoms with van der Waals surface area (Å²) in [7, 11) is 3.63. The second kappa shape index (κ2) is 7.63. The summed E-state index contributed by atoms with van der Waals surface area (Å²) in [6.07, 6.45) is 8.22. The molecule has 0 aliphatic heterocycles. The molecule has 156 valence electrons. The van der Waals surface area contributed by atoms with Gasteiger partial charge in [-0.1, -0.05) is 0 Å². The van der Waals surface area contributed by atoms with Crippen LogP contribution in [0.2, 0.25) is 0 Å². The number of aryl methyl sites for hydroxylation is 1. The first-order chi connectivity index (χ1) is 14.6. The Morgan fingerprint density at radius 1 is 1.10 bits per heavy atom. The summed E-state index contributed by atoms with van der Waals surface area (Å²) in [6.45, 7) is 0. The van der Waals surface area contributed by atoms with Crippen LogP contribution in [0.1, 0.15) is 42.6 Å². The number of rotatable bonds is 5. The zero-order valence-corrected chi connectivity index (χ0v) is 17.4. The zero-order valence-electron chi connectivity index (χ0n) is 17.4. The van der Waals surface area contributed by atoms with Crippen LogP contribution in [-0.4, -0.2) is 33.5 Å². The van der Waals surface area contributed by atoms with Gasteiger partial charge in [0.25, 0.3) is 5.91 Å². The van der Waals surface area contributed by atoms with Crippen molar-refractivity contribution in [2.24, 2.45) is 18.9 Å². The maximum atomic E-state index is 11.8. The van der Waals surface area contributed by atoms with Crippen LogP contribution in [0.15, 0.2) is 36.5 Å². The van der Waals surface area contributed by atoms with Gasteiger partial charge in [-0.2, -0.15) is 0 Å². The first kappa shape index (κ1) is 18.9. The highest BCUT2D eigenvalue weighted by Gasteiger charge is 2.36. The van der Waals surface area contributed by atoms with Gasteiger partial charge in [-0.25, -0.2) is 4.98 Å². The molecular weight excluding hydrogens is 378 g/mol. The molecule has 3 atom stereocenters. The molecule has 2 aromatic heterocycles. The Hall–Kier alpha value is -3.09. The smallest absolute Gasteiger partial charge is 0.269 e. The molecule has 0 radical (unpaired) electrons. The molecular formula is C23H27N5O2. The summed E-state index contributed by atoms with van der Waals surface area (Å²) in [5.74, 6) is 3.79. The fourth-order valence-electron chi connectivity index (χ4n) is 4.78. The summed E-state index contributed by atoms with van der Waals surface area (Å²) in [6, 6.07) is 9.76. The average molecular weight is 406 g/mol. The molecule has 1 aromatic carbocycles. The molecule has 30 heavy (non-hydrogen) atoms. The Kier molecular flexibility index (Phi) is 4.81. The van der Waals surface area contributed by atoms with Crippen molar-refractivity contribution in [3.05, 3.63) is 42.2 Å². The number of aromatic nitrogens is 3. The third-order valence-electron chi connectivity index (χ3n) is 6.66. The molecule has 0 bridgehead atoms. The van der Waals surface area contributed by atoms with E-state index >= 15 is 0 Å². The number of amides is 1. The first-order valence-corrected chi connectivity index (χ1v) is 10.7. The van der Waals surface area contributed by atoms with Crippen LogP contribution in [0.3, 0.4) is 0 Å². The van der Waals surface area contributed by atoms with Crippen LogP contribution in [0.5, 0.6) is 11.5 Å². The number of nitrogens with one attached hydrogen (secondary N) is 2. The van der Waals surface area contributed by atoms with Crippen molar-refractivity contribution in [2.45, 2.75) is 38.1 Å². The third-order valence-corrected chi connectivity index (χ3v) is 6.66. The fraction of sp³-hybridized carbons (Fsp3) is 0.435. The van der Waals surface area contributed by atoms with E-state index in [1.54, 1.807) is 25.4 Å². The van der Waals surface area contributed by atoms with E-state index in [1.807, 2.05) is 25.2 Å². The lowest BCUT2D eigenvalue weighted by atomic mass is 9.64. The Morgan fingerprint density at radius 3 is 2.67 bits per heavy atom. The summed E-state index contributed by atoms with van der Waals surface area (Å²) in [4.78, 5) is 20.7. The molecule has 2 fully saturated rings. The summed E-state index contributed by atoms with van der Waals surface area (Å²) in [5.41, 5.74) is 2.26. The Labute approximate surface area is 175 Å². The van der Waals surface area contributed by atoms with Gasteiger partial charge < -0.3 is 19.9 Å². The summed E-state index contributed by atoms with van der Waals surface area (Å²) >= 11 is 0. The van der Waals surface area contributed by atoms with Crippen molar-refractivity contribution in [2.75, 3.05) is 12.4 Å². The van der Waals surface area contributed by atoms with E-state index in [4.69, 9.17) is 9.72 Å². The van der Waals surface area contributed by atoms with Crippen LogP contribution in [0.4, 0.5) is 5.95 Å². The van der Waals surface area contributed by atoms with Crippen LogP contribution < -0.4 is 15.4 Å². The van der Waals surface area contributed by atoms with Gasteiger partial charge in [0.1, 0.15) is 17.2 Å². The summed E-state index contributed by atoms with van der Waals surface area (Å²) < 4.78 is 8.08. The minimum atomic E-state index is -0.243. The lowest BCUT2D eigenvalue weighted by Crippen LogP contribution is -2.38. The molecule has 7 heteroatoms. The van der Waals surface area contributed by atoms with Gasteiger partial charge in [0.05, 0.1) is 11.0 Å². The number of carbonyl (C=O) groups is 1. The molecule has 0 saturated heterocycles. The predicted molar refractivity (Wildman–Crippen MR) is 116 cm³/mol. The molecule has 0 spiro atoms. The monoisotopic (exact) mass is 405 g/mol. The van der Waals surface area contributed by atoms with E-state index in [0.717, 1.165) is 28.8 Å². The minimum absolute atomic E-state index is 0.243. The second-order valence-corrected chi connectivity index (χ2v) is 8.45. The largest absolute Gasteiger partial charge is 0.457 e. The van der Waals surface area contributed by atoms with Crippen LogP contribution in [0, 0.1) is 11.8 Å². The van der Waals surface area contributed by atoms with Gasteiger partial charge in [-0.15, -0.1) is 0 Å². The van der Waals surface area contributed by atoms with E-state index < -0.39 is 0 Å². The van der Waals surface area contributed by atoms with Crippen LogP contribution in [0.25, 0.3) is 11.0 Å². The van der Waals surface area contributed by atoms with Gasteiger partial charge in [0.2, 0.25) is 5.95 Å². The van der Waals surface area contributed by atoms with Crippen molar-refractivity contribution in [3.8, 4) is 11.5 Å². The number of imidazole rings is 1. The summed E-state index contributed by atoms with van der Waals surface area (Å²) in [5, 5.41) is 6.25. The topological polar surface area (TPSA) is 81.1 Å². The highest BCUT2D eigenvalue weighted by Crippen LogP contribution is 2.45. The van der Waals surface area contributed by atoms with Crippen molar-refractivity contribution >= 4 is 22.9 Å². The predicted octanol–water partition coefficient (Wildman–Crippen LogP) is 4.11. The Balaban J connectivity index is 1.34. The van der Waals surface area contributed by atoms with E-state index in [2.05, 4.69) is 20.2 Å². The third kappa shape index (κ3) is 3.49. The molecule has 2 heterocycles. The van der Waals surface area contributed by atoms with E-state index in [1.165, 1.54) is 32.1 Å². The number of ether oxygens (including phenoxy) is 1. The van der Waals surface area contributed by atoms with Gasteiger partial charge in [-0.3, -0.25) is 9.78 Å². The number of hydrogen-bond acceptors (Lipinski definition) is 5. The van der Waals surface area contributed by atoms with Gasteiger partial charge in [-0.05, 0) is 62.1 Å². The molecule has 3 unspecified atom stereocenters. The Morgan fingerprint density at radius 2 is 1.90 bits per heavy atom. The average Bonchev–Trinajstić information content (AvgIpc) is 3.04. The van der Waals surface area contributed by atoms with Crippen molar-refractivity contribution in [1.82, 2.24) is 19.9 Å². The number of carbonyl (C=O) groups excluding carboxylic acids is 1. The van der Waals surface area contributed by atoms with Gasteiger partial charge in [0, 0.05) is 38.5 Å². The number of pyridine rings is 1. The molecule has 2 saturated carbocycles. The van der Waals surface area contributed by atoms with E-state index in [9.17, 15) is 4.79 Å². The van der Waals surface area contributed by atoms with Crippen LogP contribution >= 0.6 is 0 Å². The molecule has 5 rings (SSSR count). The van der Waals surface area contributed by atoms with Crippen molar-refractivity contribution in [3.63, 3.8) is 0 Å². The maximum absolute atomic E-state index is 11.8. The number of hydrogen-bond donors (Lipinski definition) is 2. The second-order valence-electron chi connectivity index (χ2n) is 8.45. The lowest BCUT2D eigenvalue weighted by molar-refractivity contribution is 0.0958. The van der Waals surface area contributed by atoms with Crippen LogP contribution in [-0.2, 0) is 7.05 Å². The van der Waals surface area contributed by atoms with Crippen molar-refractivity contribution in [1.29, 1.82) is 0 Å². The highest BCUT2D eigenvalue weighted by molar-refractivity contribution is 5.92. The molecule has 1 amide bonds. The zero-order chi connectivity index (χ0) is 20.7. The number of fused-ring (bicyclic) bond motifs is 2. The molecule has 2 aliphatic rings. The molecule has 7 nitrogen and oxygen atoms in total. The van der Waals surface area contributed by atoms with Gasteiger partial charge in [0.15, 0.2) is 0 Å². The number of anilines is 1. The SMILES string of the molecule is CNC(=O)c1cc(Oc2ccc3c(c2)nc(NC2CCC4CCC4C2)n3C)ccn1.